The molecule has 0 aromatic heterocycles. The molecule has 2 saturated heterocycles. The fourth-order valence-electron chi connectivity index (χ4n) is 9.02. The molecule has 0 aliphatic carbocycles. The molecule has 106 heavy (non-hydrogen) atoms. The van der Waals surface area contributed by atoms with Crippen LogP contribution in [0.2, 0.25) is 0 Å². The number of hydrogen-bond acceptors (Lipinski definition) is 25. The van der Waals surface area contributed by atoms with Crippen molar-refractivity contribution < 1.29 is 111 Å². The molecule has 21 N–H and O–H groups in total. The third-order valence-corrected chi connectivity index (χ3v) is 18.6. The minimum absolute atomic E-state index is 0.00595. The number of amides is 14. The topological polar surface area (TPSA) is 611 Å². The zero-order chi connectivity index (χ0) is 78.9. The molecule has 14 amide bonds. The van der Waals surface area contributed by atoms with Crippen LogP contribution in [-0.2, 0) is 102 Å². The summed E-state index contributed by atoms with van der Waals surface area (Å²) in [6, 6.07) is -3.90. The second kappa shape index (κ2) is 53.5. The largest absolute Gasteiger partial charge is 0.481 e. The minimum Gasteiger partial charge on any atom is -0.481 e. The molecule has 0 spiro atoms. The number of likely N-dealkylation sites (N-methyl/N-ethyl adjacent to an activating group) is 1. The Bertz CT molecular complexity index is 3150. The summed E-state index contributed by atoms with van der Waals surface area (Å²) >= 11 is 2.03. The molecule has 2 fully saturated rings. The summed E-state index contributed by atoms with van der Waals surface area (Å²) < 4.78 is 15.8. The molecule has 44 heteroatoms. The molecule has 0 saturated carbocycles. The van der Waals surface area contributed by atoms with Crippen LogP contribution in [0.1, 0.15) is 78.2 Å². The van der Waals surface area contributed by atoms with Gasteiger partial charge in [0.1, 0.15) is 60.3 Å². The number of ether oxygens (including phenoxy) is 3. The van der Waals surface area contributed by atoms with E-state index in [1.165, 1.54) is 11.8 Å². The normalized spacial score (nSPS) is 19.9. The lowest BCUT2D eigenvalue weighted by Gasteiger charge is -2.27. The summed E-state index contributed by atoms with van der Waals surface area (Å²) in [5, 5.41) is 62.0. The van der Waals surface area contributed by atoms with E-state index in [1.807, 2.05) is 20.8 Å². The number of thioether (sulfide) groups is 2. The predicted molar refractivity (Wildman–Crippen MR) is 388 cm³/mol. The third kappa shape index (κ3) is 42.0. The number of aliphatic carboxylic acids is 3. The Labute approximate surface area is 626 Å². The summed E-state index contributed by atoms with van der Waals surface area (Å²) in [5.74, 6) is -17.6. The van der Waals surface area contributed by atoms with E-state index in [0.29, 0.717) is 51.6 Å². The molecule has 1 aromatic rings. The van der Waals surface area contributed by atoms with Crippen LogP contribution in [0.4, 0.5) is 0 Å². The van der Waals surface area contributed by atoms with Gasteiger partial charge in [-0.15, -0.1) is 23.5 Å². The van der Waals surface area contributed by atoms with Gasteiger partial charge in [0.05, 0.1) is 63.8 Å². The van der Waals surface area contributed by atoms with Crippen LogP contribution >= 0.6 is 45.1 Å². The highest BCUT2D eigenvalue weighted by molar-refractivity contribution is 8.76. The van der Waals surface area contributed by atoms with Crippen molar-refractivity contribution in [2.45, 2.75) is 133 Å². The minimum atomic E-state index is -1.82. The Balaban J connectivity index is 0.000000892. The van der Waals surface area contributed by atoms with Gasteiger partial charge in [-0.1, -0.05) is 51.9 Å². The Morgan fingerprint density at radius 1 is 0.604 bits per heavy atom. The predicted octanol–water partition coefficient (Wildman–Crippen LogP) is -6.62. The number of guanidine groups is 1. The lowest BCUT2D eigenvalue weighted by Crippen LogP contribution is -2.60. The van der Waals surface area contributed by atoms with Crippen molar-refractivity contribution in [3.05, 3.63) is 35.9 Å². The van der Waals surface area contributed by atoms with Crippen LogP contribution in [-0.4, -0.2) is 283 Å². The van der Waals surface area contributed by atoms with Crippen LogP contribution < -0.4 is 85.9 Å². The Morgan fingerprint density at radius 3 is 1.79 bits per heavy atom. The van der Waals surface area contributed by atoms with E-state index in [2.05, 4.69) is 79.4 Å². The zero-order valence-electron chi connectivity index (χ0n) is 59.0. The first-order chi connectivity index (χ1) is 50.4. The van der Waals surface area contributed by atoms with Crippen LogP contribution in [0.25, 0.3) is 0 Å². The molecular weight excluding hydrogens is 1480 g/mol. The number of carboxylic acids is 3. The fraction of sp³-hybridized carbons (Fsp3) is 0.613. The van der Waals surface area contributed by atoms with Gasteiger partial charge in [0.15, 0.2) is 5.96 Å². The van der Waals surface area contributed by atoms with E-state index in [9.17, 15) is 91.7 Å². The van der Waals surface area contributed by atoms with Crippen molar-refractivity contribution in [3.63, 3.8) is 0 Å². The van der Waals surface area contributed by atoms with Gasteiger partial charge >= 0.3 is 17.9 Å². The SMILES string of the molecule is CCNC(=O)CNC(=O)[C@@H]1CSCC(=O)N[C@@H](CC(=O)O)C(=O)N[C@H]2CSSC[C@H](NC(=O)[C@H](CC(=O)O)NC(=O)CNC(=O)[C@H](CCCN=C(N)N)NC2=O)C(=O)N[C@@H](Cc2ccccc2)C(=O)N1.CCOCCOCCNC(=O)CCCC(NC(=O)CSC(C)OCC)C(=O)NCC(=O)NCC(=O)O. The third-order valence-electron chi connectivity index (χ3n) is 14.1. The van der Waals surface area contributed by atoms with Crippen molar-refractivity contribution in [3.8, 4) is 0 Å². The molecular formula is C62H97N17O23S4. The number of aliphatic imine (C=N–C) groups is 1. The number of fused-ring (bicyclic) bond motifs is 5. The smallest absolute Gasteiger partial charge is 0.322 e. The van der Waals surface area contributed by atoms with E-state index in [4.69, 9.17) is 30.8 Å². The Morgan fingerprint density at radius 2 is 1.20 bits per heavy atom. The molecule has 1 aromatic carbocycles. The molecule has 3 rings (SSSR count). The molecule has 9 atom stereocenters. The maximum Gasteiger partial charge on any atom is 0.322 e. The first-order valence-corrected chi connectivity index (χ1v) is 38.1. The molecule has 2 unspecified atom stereocenters. The molecule has 2 bridgehead atoms. The number of nitrogens with one attached hydrogen (secondary N) is 14. The second-order valence-electron chi connectivity index (χ2n) is 22.7. The highest BCUT2D eigenvalue weighted by Crippen LogP contribution is 2.24. The molecule has 2 aliphatic heterocycles. The second-order valence-corrected chi connectivity index (χ2v) is 27.6. The van der Waals surface area contributed by atoms with Gasteiger partial charge in [-0.05, 0) is 58.9 Å². The van der Waals surface area contributed by atoms with E-state index in [-0.39, 0.29) is 85.5 Å². The van der Waals surface area contributed by atoms with Crippen LogP contribution in [0.3, 0.4) is 0 Å². The summed E-state index contributed by atoms with van der Waals surface area (Å²) in [4.78, 5) is 223. The number of carbonyl (C=O) groups is 17. The summed E-state index contributed by atoms with van der Waals surface area (Å²) in [6.07, 6.45) is -1.60. The number of nitrogens with two attached hydrogens (primary N) is 2. The van der Waals surface area contributed by atoms with Gasteiger partial charge in [0.25, 0.3) is 0 Å². The number of hydrogen-bond donors (Lipinski definition) is 19. The first-order valence-electron chi connectivity index (χ1n) is 33.4. The van der Waals surface area contributed by atoms with Crippen molar-refractivity contribution >= 4 is 152 Å². The number of benzene rings is 1. The van der Waals surface area contributed by atoms with Crippen LogP contribution in [0, 0.1) is 0 Å². The Kier molecular flexibility index (Phi) is 46.9. The number of carbonyl (C=O) groups excluding carboxylic acids is 14. The summed E-state index contributed by atoms with van der Waals surface area (Å²) in [7, 11) is 1.70. The van der Waals surface area contributed by atoms with E-state index in [0.717, 1.165) is 33.3 Å². The van der Waals surface area contributed by atoms with Gasteiger partial charge in [-0.25, -0.2) is 0 Å². The standard InChI is InChI=1S/C40H57N13O14S3.C22H40N4O9S/c1-2-43-28(54)14-45-34(62)25-16-68-19-30(56)48-24(13-32(59)60)37(65)52-26-17-69-70-18-27(39(67)50-22(35(63)51-25)11-20-7-4-3-5-8-20)53-36(64)23(12-31(57)58)47-29(55)15-46-33(61)21(49-38(26)66)9-6-10-44-40(41)42;1-4-33-11-12-34-10-9-23-18(27)8-6-7-17(26-20(29)15-36-16(3)35-5-2)22(32)25-13-19(28)24-14-21(30)31/h3-5,7-8,21-27H,2,6,9-19H2,1H3,(H,43,54)(H,45,62)(H,46,61)(H,47,55)(H,48,56)(H,49,66)(H,50,67)(H,51,63)(H,52,65)(H,53,64)(H,57,58)(H,59,60)(H4,41,42,44);16-17H,4-15H2,1-3H3,(H,23,27)(H,24,28)(H,25,32)(H,26,29)(H,30,31)/t21-,22-,23-,24-,25-,26-,27-;/m0./s1. The average Bonchev–Trinajstić information content (AvgIpc) is 1.25. The van der Waals surface area contributed by atoms with Crippen molar-refractivity contribution in [2.24, 2.45) is 16.5 Å². The van der Waals surface area contributed by atoms with E-state index in [1.54, 1.807) is 37.3 Å². The lowest BCUT2D eigenvalue weighted by molar-refractivity contribution is -0.141. The maximum atomic E-state index is 14.3. The van der Waals surface area contributed by atoms with Crippen LogP contribution in [0.15, 0.2) is 35.3 Å². The quantitative estimate of drug-likeness (QED) is 0.00976. The molecule has 592 valence electrons. The van der Waals surface area contributed by atoms with Crippen molar-refractivity contribution in [1.29, 1.82) is 0 Å². The van der Waals surface area contributed by atoms with Gasteiger partial charge in [-0.3, -0.25) is 86.5 Å². The van der Waals surface area contributed by atoms with E-state index >= 15 is 0 Å². The number of carboxylic acid groups (broad SMARTS) is 3. The Hall–Kier alpha value is -9.24. The van der Waals surface area contributed by atoms with E-state index < -0.39 is 188 Å². The van der Waals surface area contributed by atoms with Crippen LogP contribution in [0.5, 0.6) is 0 Å². The molecule has 2 heterocycles. The average molecular weight is 1580 g/mol. The first kappa shape index (κ1) is 92.8. The molecule has 2 aliphatic rings. The number of rotatable bonds is 36. The molecule has 40 nitrogen and oxygen atoms in total. The monoisotopic (exact) mass is 1580 g/mol. The highest BCUT2D eigenvalue weighted by atomic mass is 33.1. The maximum absolute atomic E-state index is 14.3. The zero-order valence-corrected chi connectivity index (χ0v) is 62.3. The molecule has 0 radical (unpaired) electrons. The highest BCUT2D eigenvalue weighted by Gasteiger charge is 2.36. The fourth-order valence-corrected chi connectivity index (χ4v) is 12.9. The summed E-state index contributed by atoms with van der Waals surface area (Å²) in [6.45, 7) is 7.79. The van der Waals surface area contributed by atoms with Crippen molar-refractivity contribution in [2.75, 3.05) is 108 Å². The van der Waals surface area contributed by atoms with Gasteiger partial charge in [0.2, 0.25) is 82.7 Å². The lowest BCUT2D eigenvalue weighted by atomic mass is 10.0. The van der Waals surface area contributed by atoms with Gasteiger partial charge in [0, 0.05) is 62.9 Å². The summed E-state index contributed by atoms with van der Waals surface area (Å²) in [5.41, 5.74) is 11.1. The van der Waals surface area contributed by atoms with Gasteiger partial charge < -0.3 is 115 Å². The van der Waals surface area contributed by atoms with Crippen molar-refractivity contribution in [1.82, 2.24) is 74.4 Å². The number of nitrogens with zero attached hydrogens (tertiary/aromatic N) is 1. The van der Waals surface area contributed by atoms with Gasteiger partial charge in [-0.2, -0.15) is 0 Å².